The molecule has 0 amide bonds. The SMILES string of the molecule is OC[C@H]1C[C@@H]2O[C@H]3[C@@H](O)[C@H](O)[C@@H](O[C@H]4[C@@H](O)[C@H](O)[C@@H](O[C@H]5[C@@H](O)[C@H](O)[C@@H](O[C@H]6[C@@H](O)[C@H](O)[C@@H](O[C@H]7[C@@H](O)[C@H](O)[C@@H](O[C@H]1[C@@H](O)[C@@H]2O)O[C@@H]7CO)O[C@@H]6CO)O[C@@H]5CO)O[C@@H]4CO)O[C@@H]3CO. The van der Waals surface area contributed by atoms with Crippen LogP contribution in [-0.4, -0.2) is 310 Å². The summed E-state index contributed by atoms with van der Waals surface area (Å²) in [4.78, 5) is 0. The van der Waals surface area contributed by atoms with Crippen molar-refractivity contribution in [2.75, 3.05) is 39.6 Å². The molecule has 29 heteroatoms. The zero-order valence-electron chi connectivity index (χ0n) is 34.8. The van der Waals surface area contributed by atoms with Crippen LogP contribution in [0.3, 0.4) is 0 Å². The molecular weight excluding hydrogens is 908 g/mol. The average molecular weight is 971 g/mol. The van der Waals surface area contributed by atoms with Crippen LogP contribution in [0, 0.1) is 5.92 Å². The standard InChI is InChI=1S/C37H62O29/c38-2-8-1-9-15(44)16(45)27(8)62-33-23(52)18(47)29(11(4-40)58-33)64-35-25(54)20(49)31(13(6-42)60-35)66-37-26(55)21(50)32(14(7-43)61-37)65-36-24(53)19(48)30(12(5-41)59-36)63-34-22(51)17(46)28(56-9)10(3-39)57-34/h8-55H,1-7H2/t8-,9+,10-,11-,12-,13-,14-,15-,16+,17+,18+,19+,20+,21+,22+,23+,24+,25+,26+,27-,28-,29-,30-,31-,32-,33-,34-,35-,36-,37-/m1/s1. The fourth-order valence-electron chi connectivity index (χ4n) is 9.41. The third-order valence-corrected chi connectivity index (χ3v) is 13.2. The number of hydrogen-bond donors (Lipinski definition) is 18. The highest BCUT2D eigenvalue weighted by atomic mass is 16.8. The molecule has 384 valence electrons. The second-order valence-electron chi connectivity index (χ2n) is 17.3. The zero-order chi connectivity index (χ0) is 48.0. The van der Waals surface area contributed by atoms with Crippen molar-refractivity contribution in [1.82, 2.24) is 0 Å². The summed E-state index contributed by atoms with van der Waals surface area (Å²) in [6.45, 7) is -5.65. The first-order valence-corrected chi connectivity index (χ1v) is 21.4. The molecule has 21 heterocycles. The zero-order valence-corrected chi connectivity index (χ0v) is 34.8. The summed E-state index contributed by atoms with van der Waals surface area (Å²) in [5.41, 5.74) is 0. The molecule has 0 aromatic carbocycles. The van der Waals surface area contributed by atoms with Crippen LogP contribution in [0.4, 0.5) is 0 Å². The number of aliphatic hydroxyl groups is 18. The fourth-order valence-corrected chi connectivity index (χ4v) is 9.41. The summed E-state index contributed by atoms with van der Waals surface area (Å²) >= 11 is 0. The van der Waals surface area contributed by atoms with Crippen molar-refractivity contribution in [3.05, 3.63) is 0 Å². The lowest BCUT2D eigenvalue weighted by Crippen LogP contribution is -2.68. The van der Waals surface area contributed by atoms with Crippen LogP contribution in [0.2, 0.25) is 0 Å². The molecule has 30 atom stereocenters. The predicted molar refractivity (Wildman–Crippen MR) is 199 cm³/mol. The first kappa shape index (κ1) is 52.7. The molecule has 22 fully saturated rings. The smallest absolute Gasteiger partial charge is 0.187 e. The van der Waals surface area contributed by atoms with E-state index in [1.165, 1.54) is 0 Å². The van der Waals surface area contributed by atoms with Crippen LogP contribution in [0.1, 0.15) is 6.42 Å². The molecule has 1 saturated carbocycles. The first-order chi connectivity index (χ1) is 31.4. The van der Waals surface area contributed by atoms with E-state index < -0.39 is 224 Å². The Labute approximate surface area is 373 Å². The Morgan fingerprint density at radius 2 is 0.470 bits per heavy atom. The van der Waals surface area contributed by atoms with Crippen LogP contribution < -0.4 is 0 Å². The fraction of sp³-hybridized carbons (Fsp3) is 1.00. The van der Waals surface area contributed by atoms with Crippen molar-refractivity contribution in [1.29, 1.82) is 0 Å². The van der Waals surface area contributed by atoms with Gasteiger partial charge in [0.1, 0.15) is 134 Å². The van der Waals surface area contributed by atoms with E-state index in [1.807, 2.05) is 0 Å². The van der Waals surface area contributed by atoms with Crippen molar-refractivity contribution in [2.24, 2.45) is 5.92 Å². The normalized spacial score (nSPS) is 55.4. The van der Waals surface area contributed by atoms with E-state index in [2.05, 4.69) is 0 Å². The van der Waals surface area contributed by atoms with E-state index in [9.17, 15) is 91.9 Å². The van der Waals surface area contributed by atoms with Gasteiger partial charge in [0, 0.05) is 12.5 Å². The minimum atomic E-state index is -2.14. The molecule has 1 aliphatic carbocycles. The Bertz CT molecular complexity index is 1230. The molecule has 0 aromatic heterocycles. The van der Waals surface area contributed by atoms with Crippen LogP contribution in [0.5, 0.6) is 0 Å². The summed E-state index contributed by atoms with van der Waals surface area (Å²) in [7, 11) is 0. The maximum Gasteiger partial charge on any atom is 0.187 e. The van der Waals surface area contributed by atoms with Gasteiger partial charge in [0.05, 0.1) is 45.2 Å². The Morgan fingerprint density at radius 3 is 0.712 bits per heavy atom. The van der Waals surface area contributed by atoms with E-state index in [4.69, 9.17) is 52.1 Å². The van der Waals surface area contributed by atoms with Gasteiger partial charge >= 0.3 is 0 Å². The Hall–Kier alpha value is -1.16. The van der Waals surface area contributed by atoms with Crippen LogP contribution in [0.15, 0.2) is 0 Å². The summed E-state index contributed by atoms with van der Waals surface area (Å²) in [5, 5.41) is 196. The third-order valence-electron chi connectivity index (χ3n) is 13.2. The van der Waals surface area contributed by atoms with Gasteiger partial charge in [0.15, 0.2) is 31.5 Å². The Morgan fingerprint density at radius 1 is 0.242 bits per heavy atom. The second kappa shape index (κ2) is 22.1. The molecule has 18 N–H and O–H groups in total. The predicted octanol–water partition coefficient (Wildman–Crippen LogP) is -12.4. The molecule has 21 saturated heterocycles. The van der Waals surface area contributed by atoms with E-state index in [0.29, 0.717) is 0 Å². The van der Waals surface area contributed by atoms with E-state index >= 15 is 0 Å². The lowest BCUT2D eigenvalue weighted by Gasteiger charge is -2.50. The van der Waals surface area contributed by atoms with Crippen molar-refractivity contribution in [2.45, 2.75) is 184 Å². The maximum atomic E-state index is 11.3. The summed E-state index contributed by atoms with van der Waals surface area (Å²) in [6.07, 6.45) is -55.3. The minimum absolute atomic E-state index is 0.374. The summed E-state index contributed by atoms with van der Waals surface area (Å²) in [5.74, 6) is -1.17. The van der Waals surface area contributed by atoms with E-state index in [0.717, 1.165) is 0 Å². The van der Waals surface area contributed by atoms with Crippen molar-refractivity contribution in [3.63, 3.8) is 0 Å². The van der Waals surface area contributed by atoms with Gasteiger partial charge in [-0.25, -0.2) is 0 Å². The first-order valence-electron chi connectivity index (χ1n) is 21.4. The highest BCUT2D eigenvalue weighted by molar-refractivity contribution is 5.02. The molecule has 66 heavy (non-hydrogen) atoms. The minimum Gasteiger partial charge on any atom is -0.396 e. The maximum absolute atomic E-state index is 11.3. The van der Waals surface area contributed by atoms with Crippen molar-refractivity contribution in [3.8, 4) is 0 Å². The van der Waals surface area contributed by atoms with Gasteiger partial charge in [-0.2, -0.15) is 0 Å². The average Bonchev–Trinajstić information content (AvgIpc) is 3.31. The molecule has 22 aliphatic rings. The van der Waals surface area contributed by atoms with Crippen molar-refractivity contribution < 1.29 is 144 Å². The van der Waals surface area contributed by atoms with Crippen LogP contribution in [-0.2, 0) is 52.1 Å². The van der Waals surface area contributed by atoms with Gasteiger partial charge in [0.25, 0.3) is 0 Å². The van der Waals surface area contributed by atoms with Gasteiger partial charge < -0.3 is 144 Å². The van der Waals surface area contributed by atoms with Gasteiger partial charge in [-0.05, 0) is 6.42 Å². The van der Waals surface area contributed by atoms with Gasteiger partial charge in [-0.1, -0.05) is 0 Å². The van der Waals surface area contributed by atoms with Crippen LogP contribution >= 0.6 is 0 Å². The molecular formula is C37H62O29. The summed E-state index contributed by atoms with van der Waals surface area (Å²) < 4.78 is 62.8. The quantitative estimate of drug-likeness (QED) is 0.117. The largest absolute Gasteiger partial charge is 0.396 e. The molecule has 12 bridgehead atoms. The molecule has 22 rings (SSSR count). The van der Waals surface area contributed by atoms with Gasteiger partial charge in [0.2, 0.25) is 0 Å². The highest BCUT2D eigenvalue weighted by Crippen LogP contribution is 2.39. The lowest BCUT2D eigenvalue weighted by atomic mass is 9.80. The molecule has 0 radical (unpaired) electrons. The Kier molecular flexibility index (Phi) is 17.6. The molecule has 0 spiro atoms. The molecule has 21 aliphatic heterocycles. The highest BCUT2D eigenvalue weighted by Gasteiger charge is 2.58. The monoisotopic (exact) mass is 970 g/mol. The molecule has 0 unspecified atom stereocenters. The van der Waals surface area contributed by atoms with Gasteiger partial charge in [-0.15, -0.1) is 0 Å². The van der Waals surface area contributed by atoms with Gasteiger partial charge in [-0.3, -0.25) is 0 Å². The summed E-state index contributed by atoms with van der Waals surface area (Å²) in [6, 6.07) is 0. The molecule has 29 nitrogen and oxygen atoms in total. The third kappa shape index (κ3) is 10.0. The second-order valence-corrected chi connectivity index (χ2v) is 17.3. The molecule has 0 aromatic rings. The van der Waals surface area contributed by atoms with E-state index in [-0.39, 0.29) is 6.42 Å². The number of rotatable bonds is 6. The Balaban J connectivity index is 1.19. The lowest BCUT2D eigenvalue weighted by molar-refractivity contribution is -0.396. The van der Waals surface area contributed by atoms with E-state index in [1.54, 1.807) is 0 Å². The number of hydrogen-bond acceptors (Lipinski definition) is 29. The number of aliphatic hydroxyl groups excluding tert-OH is 18. The van der Waals surface area contributed by atoms with Crippen LogP contribution in [0.25, 0.3) is 0 Å². The van der Waals surface area contributed by atoms with Crippen molar-refractivity contribution >= 4 is 0 Å². The topological polar surface area (TPSA) is 466 Å². The number of ether oxygens (including phenoxy) is 11.